The van der Waals surface area contributed by atoms with Crippen molar-refractivity contribution in [1.29, 1.82) is 0 Å². The van der Waals surface area contributed by atoms with Crippen LogP contribution in [0.1, 0.15) is 23.1 Å². The van der Waals surface area contributed by atoms with Crippen LogP contribution in [0.25, 0.3) is 0 Å². The molecule has 0 aliphatic carbocycles. The summed E-state index contributed by atoms with van der Waals surface area (Å²) in [5, 5.41) is 0. The van der Waals surface area contributed by atoms with E-state index in [4.69, 9.17) is 4.74 Å². The standard InChI is InChI=1S/C17H26N2O/c1-15-3-4-17-14-19(8-5-16(17)13-15)7-2-6-18-9-11-20-12-10-18/h3-4,13H,2,5-12,14H2,1H3. The summed E-state index contributed by atoms with van der Waals surface area (Å²) in [6.45, 7) is 11.1. The van der Waals surface area contributed by atoms with Crippen LogP contribution < -0.4 is 0 Å². The van der Waals surface area contributed by atoms with E-state index in [0.29, 0.717) is 0 Å². The van der Waals surface area contributed by atoms with Gasteiger partial charge in [-0.25, -0.2) is 0 Å². The van der Waals surface area contributed by atoms with Gasteiger partial charge in [-0.3, -0.25) is 9.80 Å². The van der Waals surface area contributed by atoms with Crippen LogP contribution in [-0.2, 0) is 17.7 Å². The Morgan fingerprint density at radius 2 is 1.80 bits per heavy atom. The van der Waals surface area contributed by atoms with E-state index >= 15 is 0 Å². The molecule has 0 saturated carbocycles. The summed E-state index contributed by atoms with van der Waals surface area (Å²) >= 11 is 0. The summed E-state index contributed by atoms with van der Waals surface area (Å²) in [4.78, 5) is 5.14. The van der Waals surface area contributed by atoms with E-state index < -0.39 is 0 Å². The molecule has 0 aromatic heterocycles. The van der Waals surface area contributed by atoms with Gasteiger partial charge in [0.15, 0.2) is 0 Å². The molecule has 3 rings (SSSR count). The number of aryl methyl sites for hydroxylation is 1. The fourth-order valence-corrected chi connectivity index (χ4v) is 3.27. The maximum Gasteiger partial charge on any atom is 0.0594 e. The number of fused-ring (bicyclic) bond motifs is 1. The zero-order valence-electron chi connectivity index (χ0n) is 12.6. The van der Waals surface area contributed by atoms with Crippen molar-refractivity contribution in [1.82, 2.24) is 9.80 Å². The fourth-order valence-electron chi connectivity index (χ4n) is 3.27. The maximum atomic E-state index is 5.39. The molecule has 3 heteroatoms. The second kappa shape index (κ2) is 6.70. The normalized spacial score (nSPS) is 20.9. The molecule has 2 heterocycles. The topological polar surface area (TPSA) is 15.7 Å². The van der Waals surface area contributed by atoms with Gasteiger partial charge in [-0.2, -0.15) is 0 Å². The average Bonchev–Trinajstić information content (AvgIpc) is 2.48. The van der Waals surface area contributed by atoms with Crippen LogP contribution in [-0.4, -0.2) is 55.7 Å². The second-order valence-corrected chi connectivity index (χ2v) is 6.11. The highest BCUT2D eigenvalue weighted by molar-refractivity contribution is 5.33. The van der Waals surface area contributed by atoms with E-state index in [2.05, 4.69) is 34.9 Å². The van der Waals surface area contributed by atoms with Crippen molar-refractivity contribution in [3.63, 3.8) is 0 Å². The number of benzene rings is 1. The van der Waals surface area contributed by atoms with Crippen LogP contribution in [0.3, 0.4) is 0 Å². The molecule has 2 aliphatic heterocycles. The summed E-state index contributed by atoms with van der Waals surface area (Å²) in [5.41, 5.74) is 4.49. The Bertz CT molecular complexity index is 441. The summed E-state index contributed by atoms with van der Waals surface area (Å²) in [7, 11) is 0. The smallest absolute Gasteiger partial charge is 0.0594 e. The fraction of sp³-hybridized carbons (Fsp3) is 0.647. The Morgan fingerprint density at radius 3 is 2.65 bits per heavy atom. The van der Waals surface area contributed by atoms with Crippen LogP contribution in [0.4, 0.5) is 0 Å². The van der Waals surface area contributed by atoms with Gasteiger partial charge in [0.2, 0.25) is 0 Å². The first-order valence-corrected chi connectivity index (χ1v) is 7.92. The average molecular weight is 274 g/mol. The van der Waals surface area contributed by atoms with Gasteiger partial charge in [0.05, 0.1) is 13.2 Å². The van der Waals surface area contributed by atoms with Crippen LogP contribution in [0.15, 0.2) is 18.2 Å². The Labute approximate surface area is 122 Å². The lowest BCUT2D eigenvalue weighted by atomic mass is 9.97. The lowest BCUT2D eigenvalue weighted by Gasteiger charge is -2.31. The molecule has 0 atom stereocenters. The summed E-state index contributed by atoms with van der Waals surface area (Å²) < 4.78 is 5.39. The van der Waals surface area contributed by atoms with Gasteiger partial charge in [-0.15, -0.1) is 0 Å². The summed E-state index contributed by atoms with van der Waals surface area (Å²) in [6, 6.07) is 6.93. The molecular weight excluding hydrogens is 248 g/mol. The van der Waals surface area contributed by atoms with Gasteiger partial charge in [-0.1, -0.05) is 23.8 Å². The van der Waals surface area contributed by atoms with Crippen LogP contribution >= 0.6 is 0 Å². The van der Waals surface area contributed by atoms with Gasteiger partial charge in [0, 0.05) is 26.2 Å². The minimum atomic E-state index is 0.913. The Balaban J connectivity index is 1.44. The monoisotopic (exact) mass is 274 g/mol. The van der Waals surface area contributed by atoms with E-state index in [1.807, 2.05) is 0 Å². The number of hydrogen-bond donors (Lipinski definition) is 0. The highest BCUT2D eigenvalue weighted by atomic mass is 16.5. The van der Waals surface area contributed by atoms with Crippen LogP contribution in [0.5, 0.6) is 0 Å². The number of hydrogen-bond acceptors (Lipinski definition) is 3. The molecule has 0 unspecified atom stereocenters. The molecule has 0 spiro atoms. The summed E-state index contributed by atoms with van der Waals surface area (Å²) in [6.07, 6.45) is 2.50. The maximum absolute atomic E-state index is 5.39. The SMILES string of the molecule is Cc1ccc2c(c1)CCN(CCCN1CCOCC1)C2. The zero-order chi connectivity index (χ0) is 13.8. The van der Waals surface area contributed by atoms with Crippen molar-refractivity contribution in [3.8, 4) is 0 Å². The Morgan fingerprint density at radius 1 is 1.00 bits per heavy atom. The molecule has 20 heavy (non-hydrogen) atoms. The second-order valence-electron chi connectivity index (χ2n) is 6.11. The van der Waals surface area contributed by atoms with E-state index in [9.17, 15) is 0 Å². The van der Waals surface area contributed by atoms with Gasteiger partial charge >= 0.3 is 0 Å². The minimum Gasteiger partial charge on any atom is -0.379 e. The molecule has 1 saturated heterocycles. The first-order chi connectivity index (χ1) is 9.81. The third-order valence-electron chi connectivity index (χ3n) is 4.51. The van der Waals surface area contributed by atoms with Crippen LogP contribution in [0.2, 0.25) is 0 Å². The third kappa shape index (κ3) is 3.60. The van der Waals surface area contributed by atoms with Gasteiger partial charge < -0.3 is 4.74 Å². The lowest BCUT2D eigenvalue weighted by Crippen LogP contribution is -2.38. The highest BCUT2D eigenvalue weighted by Crippen LogP contribution is 2.20. The molecule has 2 aliphatic rings. The summed E-state index contributed by atoms with van der Waals surface area (Å²) in [5.74, 6) is 0. The Kier molecular flexibility index (Phi) is 4.71. The minimum absolute atomic E-state index is 0.913. The zero-order valence-corrected chi connectivity index (χ0v) is 12.6. The molecule has 0 bridgehead atoms. The van der Waals surface area contributed by atoms with Crippen molar-refractivity contribution in [2.45, 2.75) is 26.3 Å². The number of ether oxygens (including phenoxy) is 1. The molecule has 110 valence electrons. The quantitative estimate of drug-likeness (QED) is 0.836. The lowest BCUT2D eigenvalue weighted by molar-refractivity contribution is 0.0359. The van der Waals surface area contributed by atoms with E-state index in [0.717, 1.165) is 32.8 Å². The van der Waals surface area contributed by atoms with Crippen LogP contribution in [0, 0.1) is 6.92 Å². The van der Waals surface area contributed by atoms with Crippen molar-refractivity contribution >= 4 is 0 Å². The molecule has 1 fully saturated rings. The number of nitrogens with zero attached hydrogens (tertiary/aromatic N) is 2. The predicted octanol–water partition coefficient (Wildman–Crippen LogP) is 2.08. The van der Waals surface area contributed by atoms with E-state index in [1.54, 1.807) is 5.56 Å². The van der Waals surface area contributed by atoms with Crippen molar-refractivity contribution in [3.05, 3.63) is 34.9 Å². The van der Waals surface area contributed by atoms with Crippen molar-refractivity contribution in [2.24, 2.45) is 0 Å². The van der Waals surface area contributed by atoms with Gasteiger partial charge in [-0.05, 0) is 44.0 Å². The molecule has 0 amide bonds. The number of rotatable bonds is 4. The predicted molar refractivity (Wildman–Crippen MR) is 82.0 cm³/mol. The third-order valence-corrected chi connectivity index (χ3v) is 4.51. The molecule has 0 N–H and O–H groups in total. The van der Waals surface area contributed by atoms with Crippen molar-refractivity contribution < 1.29 is 4.74 Å². The van der Waals surface area contributed by atoms with E-state index in [-0.39, 0.29) is 0 Å². The molecule has 1 aromatic rings. The Hall–Kier alpha value is -0.900. The largest absolute Gasteiger partial charge is 0.379 e. The molecular formula is C17H26N2O. The van der Waals surface area contributed by atoms with E-state index in [1.165, 1.54) is 43.6 Å². The first-order valence-electron chi connectivity index (χ1n) is 7.92. The first kappa shape index (κ1) is 14.1. The van der Waals surface area contributed by atoms with Gasteiger partial charge in [0.25, 0.3) is 0 Å². The van der Waals surface area contributed by atoms with Crippen molar-refractivity contribution in [2.75, 3.05) is 45.9 Å². The molecule has 3 nitrogen and oxygen atoms in total. The highest BCUT2D eigenvalue weighted by Gasteiger charge is 2.16. The molecule has 0 radical (unpaired) electrons. The van der Waals surface area contributed by atoms with Gasteiger partial charge in [0.1, 0.15) is 0 Å². The number of morpholine rings is 1. The molecule has 1 aromatic carbocycles.